The Bertz CT molecular complexity index is 643. The van der Waals surface area contributed by atoms with E-state index in [1.165, 1.54) is 13.2 Å². The predicted octanol–water partition coefficient (Wildman–Crippen LogP) is 0.216. The Morgan fingerprint density at radius 1 is 1.27 bits per heavy atom. The average molecular weight is 363 g/mol. The molecule has 5 atom stereocenters. The smallest absolute Gasteiger partial charge is 0.244 e. The summed E-state index contributed by atoms with van der Waals surface area (Å²) < 4.78 is 10.5. The lowest BCUT2D eigenvalue weighted by Crippen LogP contribution is -2.64. The molecule has 5 unspecified atom stereocenters. The number of hydrogen-bond acceptors (Lipinski definition) is 6. The Hall–Kier alpha value is -2.03. The molecule has 4 N–H and O–H groups in total. The van der Waals surface area contributed by atoms with Crippen molar-refractivity contribution < 1.29 is 29.6 Å². The Morgan fingerprint density at radius 3 is 2.58 bits per heavy atom. The molecule has 1 aromatic carbocycles. The first kappa shape index (κ1) is 20.3. The van der Waals surface area contributed by atoms with E-state index in [9.17, 15) is 20.1 Å². The highest BCUT2D eigenvalue weighted by molar-refractivity contribution is 5.89. The van der Waals surface area contributed by atoms with E-state index in [0.29, 0.717) is 5.57 Å². The van der Waals surface area contributed by atoms with Gasteiger partial charge in [0.2, 0.25) is 5.91 Å². The summed E-state index contributed by atoms with van der Waals surface area (Å²) >= 11 is 0. The highest BCUT2D eigenvalue weighted by Crippen LogP contribution is 2.21. The molecule has 1 aliphatic heterocycles. The summed E-state index contributed by atoms with van der Waals surface area (Å²) in [4.78, 5) is 12.2. The summed E-state index contributed by atoms with van der Waals surface area (Å²) in [6.45, 7) is 1.30. The lowest BCUT2D eigenvalue weighted by atomic mass is 9.97. The van der Waals surface area contributed by atoms with Crippen LogP contribution in [0.3, 0.4) is 0 Å². The number of hydrogen-bond donors (Lipinski definition) is 4. The number of nitrogens with one attached hydrogen (secondary N) is 1. The predicted molar refractivity (Wildman–Crippen MR) is 95.9 cm³/mol. The van der Waals surface area contributed by atoms with Crippen LogP contribution in [-0.2, 0) is 14.3 Å². The molecule has 0 spiro atoms. The summed E-state index contributed by atoms with van der Waals surface area (Å²) in [5, 5.41) is 31.9. The van der Waals surface area contributed by atoms with E-state index in [1.807, 2.05) is 36.4 Å². The average Bonchev–Trinajstić information content (AvgIpc) is 2.65. The van der Waals surface area contributed by atoms with Crippen molar-refractivity contribution in [3.63, 3.8) is 0 Å². The molecule has 1 amide bonds. The van der Waals surface area contributed by atoms with E-state index in [1.54, 1.807) is 13.0 Å². The molecule has 2 rings (SSSR count). The van der Waals surface area contributed by atoms with Gasteiger partial charge in [0.1, 0.15) is 24.4 Å². The largest absolute Gasteiger partial charge is 0.394 e. The lowest BCUT2D eigenvalue weighted by molar-refractivity contribution is -0.262. The van der Waals surface area contributed by atoms with Crippen LogP contribution in [0, 0.1) is 0 Å². The van der Waals surface area contributed by atoms with Crippen molar-refractivity contribution >= 4 is 12.0 Å². The molecule has 0 bridgehead atoms. The molecule has 7 nitrogen and oxygen atoms in total. The molecule has 1 aliphatic rings. The highest BCUT2D eigenvalue weighted by Gasteiger charge is 2.45. The second-order valence-electron chi connectivity index (χ2n) is 6.11. The molecule has 0 radical (unpaired) electrons. The molecule has 26 heavy (non-hydrogen) atoms. The minimum Gasteiger partial charge on any atom is -0.394 e. The van der Waals surface area contributed by atoms with E-state index >= 15 is 0 Å². The van der Waals surface area contributed by atoms with Gasteiger partial charge >= 0.3 is 0 Å². The Labute approximate surface area is 152 Å². The number of aliphatic hydroxyl groups excluding tert-OH is 3. The second kappa shape index (κ2) is 9.61. The molecule has 7 heteroatoms. The fourth-order valence-corrected chi connectivity index (χ4v) is 2.69. The number of methoxy groups -OCH3 is 1. The van der Waals surface area contributed by atoms with E-state index in [2.05, 4.69) is 5.32 Å². The maximum atomic E-state index is 12.2. The SMILES string of the molecule is COC1OC(CO)C(O)C(O)C1NC(=O)/C=C(C)/C=C/c1ccccc1. The molecule has 0 aromatic heterocycles. The van der Waals surface area contributed by atoms with Crippen LogP contribution in [0.5, 0.6) is 0 Å². The van der Waals surface area contributed by atoms with Crippen LogP contribution < -0.4 is 5.32 Å². The van der Waals surface area contributed by atoms with Crippen LogP contribution in [0.1, 0.15) is 12.5 Å². The third-order valence-electron chi connectivity index (χ3n) is 4.12. The number of allylic oxidation sites excluding steroid dienone is 2. The van der Waals surface area contributed by atoms with Gasteiger partial charge in [0.15, 0.2) is 6.29 Å². The van der Waals surface area contributed by atoms with Crippen LogP contribution >= 0.6 is 0 Å². The van der Waals surface area contributed by atoms with Gasteiger partial charge in [0.25, 0.3) is 0 Å². The number of carbonyl (C=O) groups is 1. The molecule has 0 aliphatic carbocycles. The summed E-state index contributed by atoms with van der Waals surface area (Å²) in [6, 6.07) is 8.70. The molecular weight excluding hydrogens is 338 g/mol. The minimum absolute atomic E-state index is 0.454. The van der Waals surface area contributed by atoms with Crippen LogP contribution in [0.15, 0.2) is 48.1 Å². The van der Waals surface area contributed by atoms with Crippen molar-refractivity contribution in [3.05, 3.63) is 53.6 Å². The summed E-state index contributed by atoms with van der Waals surface area (Å²) in [5.74, 6) is -0.454. The highest BCUT2D eigenvalue weighted by atomic mass is 16.7. The number of amides is 1. The van der Waals surface area contributed by atoms with Gasteiger partial charge < -0.3 is 30.1 Å². The summed E-state index contributed by atoms with van der Waals surface area (Å²) in [6.07, 6.45) is 0.433. The van der Waals surface area contributed by atoms with Gasteiger partial charge in [0.05, 0.1) is 6.61 Å². The van der Waals surface area contributed by atoms with Crippen LogP contribution in [0.4, 0.5) is 0 Å². The zero-order chi connectivity index (χ0) is 19.1. The standard InChI is InChI=1S/C19H25NO6/c1-12(8-9-13-6-4-3-5-7-13)10-15(22)20-16-18(24)17(23)14(11-21)26-19(16)25-2/h3-10,14,16-19,21,23-24H,11H2,1-2H3,(H,20,22)/b9-8+,12-10+. The third-order valence-corrected chi connectivity index (χ3v) is 4.12. The summed E-state index contributed by atoms with van der Waals surface area (Å²) in [5.41, 5.74) is 1.72. The fourth-order valence-electron chi connectivity index (χ4n) is 2.69. The molecular formula is C19H25NO6. The first-order valence-electron chi connectivity index (χ1n) is 8.33. The van der Waals surface area contributed by atoms with Crippen LogP contribution in [0.2, 0.25) is 0 Å². The van der Waals surface area contributed by atoms with Gasteiger partial charge in [-0.15, -0.1) is 0 Å². The number of aliphatic hydroxyl groups is 3. The van der Waals surface area contributed by atoms with Crippen molar-refractivity contribution in [1.82, 2.24) is 5.32 Å². The minimum atomic E-state index is -1.33. The maximum Gasteiger partial charge on any atom is 0.244 e. The van der Waals surface area contributed by atoms with Gasteiger partial charge in [-0.1, -0.05) is 42.5 Å². The number of ether oxygens (including phenoxy) is 2. The molecule has 1 heterocycles. The van der Waals surface area contributed by atoms with Gasteiger partial charge in [-0.3, -0.25) is 4.79 Å². The first-order chi connectivity index (χ1) is 12.5. The van der Waals surface area contributed by atoms with E-state index in [4.69, 9.17) is 9.47 Å². The normalized spacial score (nSPS) is 29.7. The van der Waals surface area contributed by atoms with Crippen LogP contribution in [0.25, 0.3) is 6.08 Å². The maximum absolute atomic E-state index is 12.2. The number of benzene rings is 1. The molecule has 142 valence electrons. The zero-order valence-electron chi connectivity index (χ0n) is 14.8. The van der Waals surface area contributed by atoms with Gasteiger partial charge in [0, 0.05) is 13.2 Å². The molecule has 1 aromatic rings. The van der Waals surface area contributed by atoms with E-state index in [0.717, 1.165) is 5.56 Å². The van der Waals surface area contributed by atoms with Crippen molar-refractivity contribution in [2.45, 2.75) is 37.6 Å². The number of carbonyl (C=O) groups excluding carboxylic acids is 1. The molecule has 1 saturated heterocycles. The van der Waals surface area contributed by atoms with Crippen LogP contribution in [-0.4, -0.2) is 65.6 Å². The lowest BCUT2D eigenvalue weighted by Gasteiger charge is -2.41. The number of rotatable bonds is 6. The quantitative estimate of drug-likeness (QED) is 0.425. The van der Waals surface area contributed by atoms with E-state index in [-0.39, 0.29) is 0 Å². The van der Waals surface area contributed by atoms with Gasteiger partial charge in [-0.25, -0.2) is 0 Å². The van der Waals surface area contributed by atoms with Gasteiger partial charge in [-0.05, 0) is 18.1 Å². The fraction of sp³-hybridized carbons (Fsp3) is 0.421. The van der Waals surface area contributed by atoms with Crippen molar-refractivity contribution in [2.24, 2.45) is 0 Å². The molecule has 1 fully saturated rings. The Morgan fingerprint density at radius 2 is 1.96 bits per heavy atom. The van der Waals surface area contributed by atoms with Gasteiger partial charge in [-0.2, -0.15) is 0 Å². The topological polar surface area (TPSA) is 108 Å². The third kappa shape index (κ3) is 5.23. The first-order valence-corrected chi connectivity index (χ1v) is 8.33. The Kier molecular flexibility index (Phi) is 7.50. The monoisotopic (exact) mass is 363 g/mol. The zero-order valence-corrected chi connectivity index (χ0v) is 14.8. The Balaban J connectivity index is 2.01. The van der Waals surface area contributed by atoms with Crippen molar-refractivity contribution in [3.8, 4) is 0 Å². The van der Waals surface area contributed by atoms with Crippen molar-refractivity contribution in [2.75, 3.05) is 13.7 Å². The van der Waals surface area contributed by atoms with E-state index < -0.39 is 43.2 Å². The summed E-state index contributed by atoms with van der Waals surface area (Å²) in [7, 11) is 1.35. The van der Waals surface area contributed by atoms with Crippen molar-refractivity contribution in [1.29, 1.82) is 0 Å². The molecule has 0 saturated carbocycles. The second-order valence-corrected chi connectivity index (χ2v) is 6.11.